The Morgan fingerprint density at radius 3 is 2.48 bits per heavy atom. The van der Waals surface area contributed by atoms with Crippen LogP contribution >= 0.6 is 11.3 Å². The lowest BCUT2D eigenvalue weighted by molar-refractivity contribution is -0.140. The quantitative estimate of drug-likeness (QED) is 0.617. The molecule has 0 spiro atoms. The van der Waals surface area contributed by atoms with Gasteiger partial charge in [-0.2, -0.15) is 9.71 Å². The minimum atomic E-state index is -3.97. The fourth-order valence-electron chi connectivity index (χ4n) is 2.33. The number of sulfonamides is 1. The number of thiophene rings is 1. The molecule has 1 atom stereocenters. The fraction of sp³-hybridized carbons (Fsp3) is 0.235. The largest absolute Gasteiger partial charge is 0.480 e. The van der Waals surface area contributed by atoms with Crippen LogP contribution in [0, 0.1) is 5.92 Å². The number of rotatable bonds is 7. The second kappa shape index (κ2) is 7.59. The average Bonchev–Trinajstić information content (AvgIpc) is 3.30. The van der Waals surface area contributed by atoms with E-state index in [1.165, 1.54) is 35.6 Å². The van der Waals surface area contributed by atoms with Crippen molar-refractivity contribution in [3.63, 3.8) is 0 Å². The molecule has 1 unspecified atom stereocenters. The Bertz CT molecular complexity index is 1020. The second-order valence-electron chi connectivity index (χ2n) is 6.11. The van der Waals surface area contributed by atoms with Crippen LogP contribution in [-0.4, -0.2) is 35.7 Å². The number of aliphatic carboxylic acids is 1. The van der Waals surface area contributed by atoms with E-state index in [1.54, 1.807) is 13.8 Å². The molecule has 1 aromatic carbocycles. The van der Waals surface area contributed by atoms with Gasteiger partial charge in [0.2, 0.25) is 15.8 Å². The molecular weight excluding hydrogens is 390 g/mol. The second-order valence-corrected chi connectivity index (χ2v) is 8.77. The van der Waals surface area contributed by atoms with Crippen LogP contribution in [0.2, 0.25) is 0 Å². The zero-order valence-corrected chi connectivity index (χ0v) is 16.1. The molecule has 0 radical (unpaired) electrons. The highest BCUT2D eigenvalue weighted by molar-refractivity contribution is 7.89. The molecule has 0 aliphatic heterocycles. The Labute approximate surface area is 159 Å². The van der Waals surface area contributed by atoms with Crippen LogP contribution in [0.25, 0.3) is 22.2 Å². The average molecular weight is 407 g/mol. The first kappa shape index (κ1) is 19.2. The number of hydrogen-bond donors (Lipinski definition) is 2. The van der Waals surface area contributed by atoms with Gasteiger partial charge in [-0.15, -0.1) is 11.3 Å². The van der Waals surface area contributed by atoms with Gasteiger partial charge in [-0.3, -0.25) is 4.79 Å². The van der Waals surface area contributed by atoms with Crippen molar-refractivity contribution in [3.05, 3.63) is 41.8 Å². The van der Waals surface area contributed by atoms with Crippen LogP contribution in [0.5, 0.6) is 0 Å². The molecule has 2 N–H and O–H groups in total. The Balaban J connectivity index is 1.81. The number of carboxylic acids is 1. The van der Waals surface area contributed by atoms with Gasteiger partial charge in [0.1, 0.15) is 6.04 Å². The van der Waals surface area contributed by atoms with Gasteiger partial charge >= 0.3 is 5.97 Å². The molecule has 10 heteroatoms. The summed E-state index contributed by atoms with van der Waals surface area (Å²) in [6.07, 6.45) is 0. The number of benzene rings is 1. The molecule has 8 nitrogen and oxygen atoms in total. The number of nitrogens with one attached hydrogen (secondary N) is 1. The zero-order chi connectivity index (χ0) is 19.6. The van der Waals surface area contributed by atoms with Gasteiger partial charge in [-0.1, -0.05) is 25.1 Å². The van der Waals surface area contributed by atoms with Gasteiger partial charge in [0.15, 0.2) is 0 Å². The SMILES string of the molecule is CC(C)C(NS(=O)(=O)c1ccc(-c2nc(-c3cccs3)no2)cc1)C(=O)O. The fourth-order valence-corrected chi connectivity index (χ4v) is 4.32. The van der Waals surface area contributed by atoms with E-state index in [4.69, 9.17) is 4.52 Å². The maximum Gasteiger partial charge on any atom is 0.322 e. The summed E-state index contributed by atoms with van der Waals surface area (Å²) in [4.78, 5) is 16.4. The van der Waals surface area contributed by atoms with E-state index in [9.17, 15) is 18.3 Å². The van der Waals surface area contributed by atoms with Crippen LogP contribution in [0.15, 0.2) is 51.2 Å². The lowest BCUT2D eigenvalue weighted by Gasteiger charge is -2.17. The van der Waals surface area contributed by atoms with Crippen molar-refractivity contribution in [2.24, 2.45) is 5.92 Å². The van der Waals surface area contributed by atoms with E-state index >= 15 is 0 Å². The summed E-state index contributed by atoms with van der Waals surface area (Å²) >= 11 is 1.48. The molecule has 0 aliphatic rings. The molecule has 0 saturated heterocycles. The lowest BCUT2D eigenvalue weighted by atomic mass is 10.1. The van der Waals surface area contributed by atoms with Crippen molar-refractivity contribution in [1.29, 1.82) is 0 Å². The predicted octanol–water partition coefficient (Wildman–Crippen LogP) is 2.85. The molecule has 3 rings (SSSR count). The lowest BCUT2D eigenvalue weighted by Crippen LogP contribution is -2.44. The van der Waals surface area contributed by atoms with Gasteiger partial charge < -0.3 is 9.63 Å². The summed E-state index contributed by atoms with van der Waals surface area (Å²) in [6, 6.07) is 8.34. The van der Waals surface area contributed by atoms with Crippen LogP contribution < -0.4 is 4.72 Å². The van der Waals surface area contributed by atoms with E-state index < -0.39 is 28.0 Å². The molecule has 0 saturated carbocycles. The first-order valence-corrected chi connectivity index (χ1v) is 10.4. The van der Waals surface area contributed by atoms with Crippen molar-refractivity contribution < 1.29 is 22.8 Å². The summed E-state index contributed by atoms with van der Waals surface area (Å²) in [7, 11) is -3.97. The van der Waals surface area contributed by atoms with Crippen molar-refractivity contribution >= 4 is 27.3 Å². The zero-order valence-electron chi connectivity index (χ0n) is 14.5. The molecule has 0 amide bonds. The smallest absolute Gasteiger partial charge is 0.322 e. The van der Waals surface area contributed by atoms with Gasteiger partial charge in [-0.25, -0.2) is 8.42 Å². The van der Waals surface area contributed by atoms with E-state index in [-0.39, 0.29) is 10.8 Å². The molecule has 142 valence electrons. The molecule has 0 aliphatic carbocycles. The Morgan fingerprint density at radius 1 is 1.22 bits per heavy atom. The van der Waals surface area contributed by atoms with Gasteiger partial charge in [-0.05, 0) is 41.6 Å². The van der Waals surface area contributed by atoms with E-state index in [0.29, 0.717) is 11.4 Å². The maximum atomic E-state index is 12.4. The van der Waals surface area contributed by atoms with Crippen molar-refractivity contribution in [1.82, 2.24) is 14.9 Å². The summed E-state index contributed by atoms with van der Waals surface area (Å²) in [5.41, 5.74) is 0.558. The third-order valence-electron chi connectivity index (χ3n) is 3.79. The molecule has 2 heterocycles. The highest BCUT2D eigenvalue weighted by Gasteiger charge is 2.28. The first-order valence-electron chi connectivity index (χ1n) is 8.01. The molecule has 0 bridgehead atoms. The molecule has 2 aromatic heterocycles. The van der Waals surface area contributed by atoms with Gasteiger partial charge in [0.25, 0.3) is 5.89 Å². The van der Waals surface area contributed by atoms with Crippen molar-refractivity contribution in [2.45, 2.75) is 24.8 Å². The van der Waals surface area contributed by atoms with E-state index in [0.717, 1.165) is 4.88 Å². The Kier molecular flexibility index (Phi) is 5.40. The summed E-state index contributed by atoms with van der Waals surface area (Å²) in [6.45, 7) is 3.26. The van der Waals surface area contributed by atoms with Gasteiger partial charge in [0, 0.05) is 5.56 Å². The minimum absolute atomic E-state index is 0.0452. The van der Waals surface area contributed by atoms with Crippen LogP contribution in [0.1, 0.15) is 13.8 Å². The maximum absolute atomic E-state index is 12.4. The van der Waals surface area contributed by atoms with E-state index in [1.807, 2.05) is 17.5 Å². The summed E-state index contributed by atoms with van der Waals surface area (Å²) < 4.78 is 32.3. The molecule has 27 heavy (non-hydrogen) atoms. The summed E-state index contributed by atoms with van der Waals surface area (Å²) in [5, 5.41) is 15.0. The first-order chi connectivity index (χ1) is 12.8. The highest BCUT2D eigenvalue weighted by Crippen LogP contribution is 2.26. The molecule has 0 fully saturated rings. The van der Waals surface area contributed by atoms with Crippen LogP contribution in [0.4, 0.5) is 0 Å². The Hall–Kier alpha value is -2.56. The normalized spacial score (nSPS) is 13.0. The monoisotopic (exact) mass is 407 g/mol. The number of nitrogens with zero attached hydrogens (tertiary/aromatic N) is 2. The summed E-state index contributed by atoms with van der Waals surface area (Å²) in [5.74, 6) is -0.900. The minimum Gasteiger partial charge on any atom is -0.480 e. The highest BCUT2D eigenvalue weighted by atomic mass is 32.2. The third-order valence-corrected chi connectivity index (χ3v) is 6.12. The van der Waals surface area contributed by atoms with Crippen LogP contribution in [-0.2, 0) is 14.8 Å². The molecular formula is C17H17N3O5S2. The van der Waals surface area contributed by atoms with Crippen LogP contribution in [0.3, 0.4) is 0 Å². The van der Waals surface area contributed by atoms with Gasteiger partial charge in [0.05, 0.1) is 9.77 Å². The van der Waals surface area contributed by atoms with Crippen molar-refractivity contribution in [3.8, 4) is 22.2 Å². The number of carboxylic acid groups (broad SMARTS) is 1. The number of hydrogen-bond acceptors (Lipinski definition) is 7. The van der Waals surface area contributed by atoms with E-state index in [2.05, 4.69) is 14.9 Å². The topological polar surface area (TPSA) is 122 Å². The number of aromatic nitrogens is 2. The number of carbonyl (C=O) groups is 1. The Morgan fingerprint density at radius 2 is 1.93 bits per heavy atom. The predicted molar refractivity (Wildman–Crippen MR) is 99.6 cm³/mol. The van der Waals surface area contributed by atoms with Crippen molar-refractivity contribution in [2.75, 3.05) is 0 Å². The molecule has 3 aromatic rings. The third kappa shape index (κ3) is 4.24. The standard InChI is InChI=1S/C17H17N3O5S2/c1-10(2)14(17(21)22)20-27(23,24)12-7-5-11(6-8-12)16-18-15(19-25-16)13-4-3-9-26-13/h3-10,14,20H,1-2H3,(H,21,22).